The Hall–Kier alpha value is -0.370. The molecule has 84 valence electrons. The number of halogens is 2. The van der Waals surface area contributed by atoms with E-state index in [1.807, 2.05) is 13.0 Å². The Kier molecular flexibility index (Phi) is 4.78. The van der Waals surface area contributed by atoms with Gasteiger partial charge in [-0.15, -0.1) is 0 Å². The Morgan fingerprint density at radius 2 is 2.00 bits per heavy atom. The van der Waals surface area contributed by atoms with E-state index in [1.54, 1.807) is 6.07 Å². The summed E-state index contributed by atoms with van der Waals surface area (Å²) in [5.74, 6) is 0.453. The van der Waals surface area contributed by atoms with E-state index in [0.717, 1.165) is 18.4 Å². The lowest BCUT2D eigenvalue weighted by atomic mass is 9.94. The van der Waals surface area contributed by atoms with Gasteiger partial charge in [-0.3, -0.25) is 0 Å². The highest BCUT2D eigenvalue weighted by molar-refractivity contribution is 9.09. The highest BCUT2D eigenvalue weighted by atomic mass is 79.9. The topological polar surface area (TPSA) is 0 Å². The second-order valence-electron chi connectivity index (χ2n) is 4.40. The molecule has 2 atom stereocenters. The van der Waals surface area contributed by atoms with Gasteiger partial charge in [0.1, 0.15) is 5.82 Å². The van der Waals surface area contributed by atoms with Crippen LogP contribution in [0.15, 0.2) is 18.2 Å². The van der Waals surface area contributed by atoms with Crippen LogP contribution in [-0.4, -0.2) is 4.83 Å². The molecule has 0 nitrogen and oxygen atoms in total. The monoisotopic (exact) mass is 272 g/mol. The van der Waals surface area contributed by atoms with Crippen molar-refractivity contribution >= 4 is 15.9 Å². The summed E-state index contributed by atoms with van der Waals surface area (Å²) in [6, 6.07) is 5.04. The van der Waals surface area contributed by atoms with Crippen LogP contribution < -0.4 is 0 Å². The van der Waals surface area contributed by atoms with Gasteiger partial charge >= 0.3 is 0 Å². The maximum absolute atomic E-state index is 13.1. The molecule has 0 spiro atoms. The van der Waals surface area contributed by atoms with Crippen LogP contribution in [0.1, 0.15) is 31.4 Å². The van der Waals surface area contributed by atoms with Crippen molar-refractivity contribution in [2.45, 2.75) is 38.4 Å². The number of hydrogen-bond donors (Lipinski definition) is 0. The smallest absolute Gasteiger partial charge is 0.123 e. The van der Waals surface area contributed by atoms with Gasteiger partial charge in [-0.25, -0.2) is 4.39 Å². The lowest BCUT2D eigenvalue weighted by Crippen LogP contribution is -2.06. The second-order valence-corrected chi connectivity index (χ2v) is 5.96. The molecule has 0 aliphatic carbocycles. The minimum Gasteiger partial charge on any atom is -0.207 e. The normalized spacial score (nSPS) is 15.0. The largest absolute Gasteiger partial charge is 0.207 e. The average Bonchev–Trinajstić information content (AvgIpc) is 2.10. The van der Waals surface area contributed by atoms with Crippen molar-refractivity contribution in [1.82, 2.24) is 0 Å². The number of benzene rings is 1. The van der Waals surface area contributed by atoms with Crippen molar-refractivity contribution in [3.05, 3.63) is 35.1 Å². The minimum atomic E-state index is -0.130. The van der Waals surface area contributed by atoms with Gasteiger partial charge in [0.05, 0.1) is 0 Å². The van der Waals surface area contributed by atoms with E-state index in [4.69, 9.17) is 0 Å². The molecule has 0 saturated heterocycles. The lowest BCUT2D eigenvalue weighted by Gasteiger charge is -2.14. The third-order valence-corrected chi connectivity index (χ3v) is 2.98. The first-order valence-corrected chi connectivity index (χ1v) is 6.29. The van der Waals surface area contributed by atoms with Crippen molar-refractivity contribution in [3.63, 3.8) is 0 Å². The van der Waals surface area contributed by atoms with E-state index < -0.39 is 0 Å². The van der Waals surface area contributed by atoms with Crippen LogP contribution in [0.25, 0.3) is 0 Å². The molecule has 2 heteroatoms. The van der Waals surface area contributed by atoms with E-state index in [9.17, 15) is 4.39 Å². The van der Waals surface area contributed by atoms with Gasteiger partial charge in [-0.05, 0) is 48.9 Å². The molecule has 0 bridgehead atoms. The maximum Gasteiger partial charge on any atom is 0.123 e. The maximum atomic E-state index is 13.1. The highest BCUT2D eigenvalue weighted by Crippen LogP contribution is 2.20. The summed E-state index contributed by atoms with van der Waals surface area (Å²) in [5, 5.41) is 0. The van der Waals surface area contributed by atoms with Crippen molar-refractivity contribution in [2.24, 2.45) is 5.92 Å². The zero-order valence-corrected chi connectivity index (χ0v) is 11.1. The predicted molar refractivity (Wildman–Crippen MR) is 67.0 cm³/mol. The SMILES string of the molecule is Cc1ccc(F)cc1CC(C)CC(C)Br. The van der Waals surface area contributed by atoms with Gasteiger partial charge in [-0.2, -0.15) is 0 Å². The Labute approximate surface area is 100 Å². The molecule has 0 fully saturated rings. The van der Waals surface area contributed by atoms with Crippen LogP contribution >= 0.6 is 15.9 Å². The standard InChI is InChI=1S/C13H18BrF/c1-9(6-11(3)14)7-12-8-13(15)5-4-10(12)2/h4-5,8-9,11H,6-7H2,1-3H3. The molecule has 0 N–H and O–H groups in total. The Morgan fingerprint density at radius 3 is 2.60 bits per heavy atom. The number of rotatable bonds is 4. The van der Waals surface area contributed by atoms with Crippen LogP contribution in [0.5, 0.6) is 0 Å². The summed E-state index contributed by atoms with van der Waals surface area (Å²) in [5.41, 5.74) is 2.32. The first-order chi connectivity index (χ1) is 6.99. The van der Waals surface area contributed by atoms with Crippen LogP contribution in [0.3, 0.4) is 0 Å². The Morgan fingerprint density at radius 1 is 1.33 bits per heavy atom. The summed E-state index contributed by atoms with van der Waals surface area (Å²) in [6.45, 7) is 6.40. The van der Waals surface area contributed by atoms with Crippen molar-refractivity contribution in [2.75, 3.05) is 0 Å². The fourth-order valence-corrected chi connectivity index (χ4v) is 2.51. The van der Waals surface area contributed by atoms with Gasteiger partial charge in [-0.1, -0.05) is 35.8 Å². The van der Waals surface area contributed by atoms with Crippen molar-refractivity contribution < 1.29 is 4.39 Å². The van der Waals surface area contributed by atoms with Gasteiger partial charge in [0, 0.05) is 4.83 Å². The number of alkyl halides is 1. The summed E-state index contributed by atoms with van der Waals surface area (Å²) < 4.78 is 13.1. The number of aryl methyl sites for hydroxylation is 1. The zero-order chi connectivity index (χ0) is 11.4. The molecule has 0 aliphatic rings. The van der Waals surface area contributed by atoms with Gasteiger partial charge < -0.3 is 0 Å². The molecular formula is C13H18BrF. The molecule has 15 heavy (non-hydrogen) atoms. The van der Waals surface area contributed by atoms with Gasteiger partial charge in [0.2, 0.25) is 0 Å². The molecule has 0 heterocycles. The molecule has 0 radical (unpaired) electrons. The van der Waals surface area contributed by atoms with Crippen LogP contribution in [-0.2, 0) is 6.42 Å². The second kappa shape index (κ2) is 5.64. The Balaban J connectivity index is 2.67. The molecule has 0 aliphatic heterocycles. The minimum absolute atomic E-state index is 0.130. The summed E-state index contributed by atoms with van der Waals surface area (Å²) in [4.78, 5) is 0.529. The average molecular weight is 273 g/mol. The molecule has 0 saturated carbocycles. The van der Waals surface area contributed by atoms with Crippen LogP contribution in [0.4, 0.5) is 4.39 Å². The van der Waals surface area contributed by atoms with Crippen LogP contribution in [0.2, 0.25) is 0 Å². The molecule has 1 aromatic carbocycles. The number of hydrogen-bond acceptors (Lipinski definition) is 0. The summed E-state index contributed by atoms with van der Waals surface area (Å²) in [7, 11) is 0. The quantitative estimate of drug-likeness (QED) is 0.709. The Bertz CT molecular complexity index is 320. The molecule has 1 aromatic rings. The van der Waals surface area contributed by atoms with Crippen molar-refractivity contribution in [1.29, 1.82) is 0 Å². The van der Waals surface area contributed by atoms with Crippen LogP contribution in [0, 0.1) is 18.7 Å². The first kappa shape index (κ1) is 12.7. The first-order valence-electron chi connectivity index (χ1n) is 5.38. The van der Waals surface area contributed by atoms with Crippen molar-refractivity contribution in [3.8, 4) is 0 Å². The fraction of sp³-hybridized carbons (Fsp3) is 0.538. The molecule has 0 amide bonds. The molecule has 2 unspecified atom stereocenters. The van der Waals surface area contributed by atoms with E-state index in [2.05, 4.69) is 29.8 Å². The van der Waals surface area contributed by atoms with E-state index in [1.165, 1.54) is 11.6 Å². The highest BCUT2D eigenvalue weighted by Gasteiger charge is 2.09. The van der Waals surface area contributed by atoms with Gasteiger partial charge in [0.25, 0.3) is 0 Å². The third kappa shape index (κ3) is 4.33. The fourth-order valence-electron chi connectivity index (χ4n) is 1.87. The molecule has 0 aromatic heterocycles. The molecular weight excluding hydrogens is 255 g/mol. The lowest BCUT2D eigenvalue weighted by molar-refractivity contribution is 0.528. The predicted octanol–water partition coefficient (Wildman–Crippen LogP) is 4.49. The summed E-state index contributed by atoms with van der Waals surface area (Å²) in [6.07, 6.45) is 2.08. The van der Waals surface area contributed by atoms with E-state index >= 15 is 0 Å². The molecule has 1 rings (SSSR count). The summed E-state index contributed by atoms with van der Waals surface area (Å²) >= 11 is 3.55. The third-order valence-electron chi connectivity index (χ3n) is 2.61. The van der Waals surface area contributed by atoms with Gasteiger partial charge in [0.15, 0.2) is 0 Å². The van der Waals surface area contributed by atoms with E-state index in [0.29, 0.717) is 10.7 Å². The van der Waals surface area contributed by atoms with E-state index in [-0.39, 0.29) is 5.82 Å². The zero-order valence-electron chi connectivity index (χ0n) is 9.56.